The normalized spacial score (nSPS) is 14.9. The number of aromatic nitrogens is 1. The molecule has 1 N–H and O–H groups in total. The lowest BCUT2D eigenvalue weighted by Gasteiger charge is -2.32. The predicted molar refractivity (Wildman–Crippen MR) is 127 cm³/mol. The Morgan fingerprint density at radius 1 is 1.19 bits per heavy atom. The minimum Gasteiger partial charge on any atom is -0.492 e. The molecule has 6 heteroatoms. The Labute approximate surface area is 188 Å². The first-order chi connectivity index (χ1) is 15.3. The maximum absolute atomic E-state index is 15.1. The van der Waals surface area contributed by atoms with Gasteiger partial charge >= 0.3 is 0 Å². The molecule has 0 bridgehead atoms. The Morgan fingerprint density at radius 3 is 2.62 bits per heavy atom. The fourth-order valence-corrected chi connectivity index (χ4v) is 4.62. The smallest absolute Gasteiger partial charge is 0.195 e. The van der Waals surface area contributed by atoms with Crippen molar-refractivity contribution >= 4 is 22.9 Å². The van der Waals surface area contributed by atoms with Crippen molar-refractivity contribution in [2.45, 2.75) is 33.1 Å². The van der Waals surface area contributed by atoms with Crippen LogP contribution in [-0.4, -0.2) is 55.2 Å². The van der Waals surface area contributed by atoms with Crippen LogP contribution >= 0.6 is 0 Å². The largest absolute Gasteiger partial charge is 0.492 e. The van der Waals surface area contributed by atoms with Crippen molar-refractivity contribution in [2.75, 3.05) is 33.3 Å². The van der Waals surface area contributed by atoms with E-state index in [0.717, 1.165) is 36.6 Å². The van der Waals surface area contributed by atoms with Gasteiger partial charge in [0.05, 0.1) is 11.1 Å². The quantitative estimate of drug-likeness (QED) is 0.535. The number of fused-ring (bicyclic) bond motifs is 4. The molecule has 1 aromatic heterocycles. The van der Waals surface area contributed by atoms with Crippen LogP contribution in [0.1, 0.15) is 60.4 Å². The zero-order valence-electron chi connectivity index (χ0n) is 19.4. The molecule has 2 aromatic carbocycles. The molecule has 5 nitrogen and oxygen atoms in total. The van der Waals surface area contributed by atoms with E-state index in [2.05, 4.69) is 42.6 Å². The number of carbonyl (C=O) groups excluding carboxylic acids is 1. The number of ketones is 1. The SMILES string of the molecule is CCN(CC)CCOc1ccc2c(c1)C(C)(C)c1[nH]c3c(F)c(/C=N/C)ccc3c1C2=O. The minimum absolute atomic E-state index is 0.0911. The number of H-pyrrole nitrogens is 1. The minimum atomic E-state index is -0.513. The van der Waals surface area contributed by atoms with Gasteiger partial charge in [0.25, 0.3) is 0 Å². The molecule has 3 aromatic rings. The summed E-state index contributed by atoms with van der Waals surface area (Å²) >= 11 is 0. The Hall–Kier alpha value is -2.99. The summed E-state index contributed by atoms with van der Waals surface area (Å²) in [6, 6.07) is 9.11. The number of hydrogen-bond donors (Lipinski definition) is 1. The molecule has 0 spiro atoms. The van der Waals surface area contributed by atoms with Crippen LogP contribution < -0.4 is 4.74 Å². The van der Waals surface area contributed by atoms with Gasteiger partial charge in [-0.05, 0) is 42.9 Å². The molecular weight excluding hydrogens is 405 g/mol. The molecule has 1 aliphatic carbocycles. The Bertz CT molecular complexity index is 1210. The van der Waals surface area contributed by atoms with Crippen molar-refractivity contribution in [3.8, 4) is 5.75 Å². The number of likely N-dealkylation sites (N-methyl/N-ethyl adjacent to an activating group) is 1. The molecule has 0 unspecified atom stereocenters. The van der Waals surface area contributed by atoms with Crippen LogP contribution in [0.2, 0.25) is 0 Å². The van der Waals surface area contributed by atoms with E-state index in [0.29, 0.717) is 34.2 Å². The van der Waals surface area contributed by atoms with Gasteiger partial charge in [-0.25, -0.2) is 4.39 Å². The number of nitrogens with one attached hydrogen (secondary N) is 1. The molecule has 0 amide bonds. The number of rotatable bonds is 7. The van der Waals surface area contributed by atoms with E-state index in [-0.39, 0.29) is 5.78 Å². The number of aliphatic imine (C=N–C) groups is 1. The molecule has 168 valence electrons. The monoisotopic (exact) mass is 435 g/mol. The number of ether oxygens (including phenoxy) is 1. The second-order valence-electron chi connectivity index (χ2n) is 8.69. The van der Waals surface area contributed by atoms with Gasteiger partial charge in [0.15, 0.2) is 11.6 Å². The fraction of sp³-hybridized carbons (Fsp3) is 0.385. The summed E-state index contributed by atoms with van der Waals surface area (Å²) in [5.74, 6) is 0.256. The van der Waals surface area contributed by atoms with Crippen molar-refractivity contribution in [1.29, 1.82) is 0 Å². The van der Waals surface area contributed by atoms with Crippen LogP contribution in [0.5, 0.6) is 5.75 Å². The summed E-state index contributed by atoms with van der Waals surface area (Å²) in [6.45, 7) is 11.8. The Morgan fingerprint density at radius 2 is 1.94 bits per heavy atom. The average Bonchev–Trinajstić information content (AvgIpc) is 3.19. The summed E-state index contributed by atoms with van der Waals surface area (Å²) in [5.41, 5.74) is 3.03. The highest BCUT2D eigenvalue weighted by Gasteiger charge is 2.40. The van der Waals surface area contributed by atoms with Crippen LogP contribution in [0.15, 0.2) is 35.3 Å². The first-order valence-electron chi connectivity index (χ1n) is 11.1. The molecule has 32 heavy (non-hydrogen) atoms. The lowest BCUT2D eigenvalue weighted by molar-refractivity contribution is 0.103. The highest BCUT2D eigenvalue weighted by Crippen LogP contribution is 2.45. The second-order valence-corrected chi connectivity index (χ2v) is 8.69. The maximum atomic E-state index is 15.1. The number of hydrogen-bond acceptors (Lipinski definition) is 4. The Kier molecular flexibility index (Phi) is 5.91. The third-order valence-electron chi connectivity index (χ3n) is 6.54. The van der Waals surface area contributed by atoms with Crippen LogP contribution in [0.25, 0.3) is 10.9 Å². The summed E-state index contributed by atoms with van der Waals surface area (Å²) in [4.78, 5) is 22.9. The molecule has 0 atom stereocenters. The summed E-state index contributed by atoms with van der Waals surface area (Å²) in [5, 5.41) is 0.606. The lowest BCUT2D eigenvalue weighted by Crippen LogP contribution is -2.30. The molecule has 1 heterocycles. The van der Waals surface area contributed by atoms with Gasteiger partial charge < -0.3 is 14.6 Å². The topological polar surface area (TPSA) is 57.7 Å². The van der Waals surface area contributed by atoms with Crippen LogP contribution in [0.3, 0.4) is 0 Å². The molecule has 0 aliphatic heterocycles. The predicted octanol–water partition coefficient (Wildman–Crippen LogP) is 4.95. The number of halogens is 1. The highest BCUT2D eigenvalue weighted by molar-refractivity contribution is 6.20. The molecule has 1 aliphatic rings. The van der Waals surface area contributed by atoms with E-state index in [1.165, 1.54) is 6.21 Å². The summed E-state index contributed by atoms with van der Waals surface area (Å²) in [7, 11) is 1.61. The van der Waals surface area contributed by atoms with E-state index in [1.807, 2.05) is 18.2 Å². The van der Waals surface area contributed by atoms with Crippen molar-refractivity contribution in [2.24, 2.45) is 4.99 Å². The summed E-state index contributed by atoms with van der Waals surface area (Å²) < 4.78 is 21.1. The van der Waals surface area contributed by atoms with E-state index < -0.39 is 11.2 Å². The van der Waals surface area contributed by atoms with E-state index in [1.54, 1.807) is 19.2 Å². The maximum Gasteiger partial charge on any atom is 0.195 e. The van der Waals surface area contributed by atoms with Gasteiger partial charge in [-0.2, -0.15) is 0 Å². The number of carbonyl (C=O) groups is 1. The number of aromatic amines is 1. The van der Waals surface area contributed by atoms with E-state index in [4.69, 9.17) is 4.74 Å². The van der Waals surface area contributed by atoms with Gasteiger partial charge in [0.2, 0.25) is 0 Å². The average molecular weight is 436 g/mol. The van der Waals surface area contributed by atoms with Gasteiger partial charge in [-0.3, -0.25) is 9.79 Å². The molecular formula is C26H30FN3O2. The van der Waals surface area contributed by atoms with Crippen LogP contribution in [0.4, 0.5) is 4.39 Å². The molecule has 4 rings (SSSR count). The van der Waals surface area contributed by atoms with Crippen LogP contribution in [-0.2, 0) is 5.41 Å². The third kappa shape index (κ3) is 3.52. The van der Waals surface area contributed by atoms with Gasteiger partial charge in [-0.15, -0.1) is 0 Å². The van der Waals surface area contributed by atoms with E-state index >= 15 is 4.39 Å². The fourth-order valence-electron chi connectivity index (χ4n) is 4.62. The van der Waals surface area contributed by atoms with Crippen molar-refractivity contribution in [3.63, 3.8) is 0 Å². The third-order valence-corrected chi connectivity index (χ3v) is 6.54. The zero-order chi connectivity index (χ0) is 23.0. The molecule has 0 saturated heterocycles. The zero-order valence-corrected chi connectivity index (χ0v) is 19.4. The van der Waals surface area contributed by atoms with Gasteiger partial charge in [-0.1, -0.05) is 33.8 Å². The van der Waals surface area contributed by atoms with Gasteiger partial charge in [0.1, 0.15) is 12.4 Å². The first-order valence-corrected chi connectivity index (χ1v) is 11.1. The van der Waals surface area contributed by atoms with E-state index in [9.17, 15) is 4.79 Å². The van der Waals surface area contributed by atoms with Crippen molar-refractivity contribution < 1.29 is 13.9 Å². The van der Waals surface area contributed by atoms with Crippen molar-refractivity contribution in [1.82, 2.24) is 9.88 Å². The van der Waals surface area contributed by atoms with Gasteiger partial charge in [0, 0.05) is 47.4 Å². The van der Waals surface area contributed by atoms with Crippen LogP contribution in [0, 0.1) is 5.82 Å². The Balaban J connectivity index is 1.74. The number of nitrogens with zero attached hydrogens (tertiary/aromatic N) is 2. The molecule has 0 fully saturated rings. The first kappa shape index (κ1) is 22.2. The standard InChI is InChI=1S/C26H30FN3O2/c1-6-30(7-2)12-13-32-17-9-11-18-20(14-17)26(3,4)25-21(24(18)31)19-10-8-16(15-28-5)22(27)23(19)29-25/h8-11,14-15,29H,6-7,12-13H2,1-5H3/b28-15+. The second kappa shape index (κ2) is 8.51. The molecule has 0 saturated carbocycles. The van der Waals surface area contributed by atoms with Crippen molar-refractivity contribution in [3.05, 3.63) is 64.1 Å². The number of benzene rings is 2. The lowest BCUT2D eigenvalue weighted by atomic mass is 9.71. The highest BCUT2D eigenvalue weighted by atomic mass is 19.1. The summed E-state index contributed by atoms with van der Waals surface area (Å²) in [6.07, 6.45) is 1.48. The molecule has 0 radical (unpaired) electrons.